The maximum atomic E-state index is 6.35. The third-order valence-corrected chi connectivity index (χ3v) is 4.15. The smallest absolute Gasteiger partial charge is 0.0705 e. The maximum absolute atomic E-state index is 6.35. The van der Waals surface area contributed by atoms with Crippen LogP contribution >= 0.6 is 0 Å². The quantitative estimate of drug-likeness (QED) is 0.914. The summed E-state index contributed by atoms with van der Waals surface area (Å²) in [5, 5.41) is 1.17. The highest BCUT2D eigenvalue weighted by atomic mass is 15.2. The zero-order valence-electron chi connectivity index (χ0n) is 12.2. The number of nitrogens with two attached hydrogens (primary N) is 1. The van der Waals surface area contributed by atoms with Crippen LogP contribution in [-0.2, 0) is 6.42 Å². The average molecular weight is 257 g/mol. The fourth-order valence-electron chi connectivity index (χ4n) is 2.03. The molecule has 2 N–H and O–H groups in total. The number of likely N-dealkylation sites (N-methyl/N-ethyl adjacent to an activating group) is 1. The molecule has 1 aromatic heterocycles. The minimum atomic E-state index is -0.0483. The Balaban J connectivity index is 2.22. The van der Waals surface area contributed by atoms with Crippen LogP contribution in [0.5, 0.6) is 0 Å². The van der Waals surface area contributed by atoms with Gasteiger partial charge in [0.05, 0.1) is 5.52 Å². The molecule has 0 saturated carbocycles. The van der Waals surface area contributed by atoms with Gasteiger partial charge in [-0.3, -0.25) is 4.98 Å². The van der Waals surface area contributed by atoms with Crippen LogP contribution in [0.2, 0.25) is 0 Å². The van der Waals surface area contributed by atoms with Gasteiger partial charge in [-0.15, -0.1) is 0 Å². The summed E-state index contributed by atoms with van der Waals surface area (Å²) in [6, 6.07) is 12.4. The van der Waals surface area contributed by atoms with E-state index < -0.39 is 0 Å². The molecule has 3 nitrogen and oxygen atoms in total. The van der Waals surface area contributed by atoms with E-state index in [0.29, 0.717) is 0 Å². The summed E-state index contributed by atoms with van der Waals surface area (Å²) >= 11 is 0. The van der Waals surface area contributed by atoms with Gasteiger partial charge in [-0.1, -0.05) is 24.3 Å². The van der Waals surface area contributed by atoms with Gasteiger partial charge in [0, 0.05) is 29.1 Å². The van der Waals surface area contributed by atoms with E-state index in [-0.39, 0.29) is 11.6 Å². The fourth-order valence-corrected chi connectivity index (χ4v) is 2.03. The van der Waals surface area contributed by atoms with Crippen LogP contribution < -0.4 is 5.73 Å². The standard InChI is InChI=1S/C16H23N3/c1-16(2,19(3)4)15(17)11-13-10-9-12-7-5-6-8-14(12)18-13/h5-10,15H,11,17H2,1-4H3. The van der Waals surface area contributed by atoms with Crippen molar-refractivity contribution in [3.63, 3.8) is 0 Å². The summed E-state index contributed by atoms with van der Waals surface area (Å²) in [5.41, 5.74) is 8.39. The summed E-state index contributed by atoms with van der Waals surface area (Å²) in [4.78, 5) is 6.85. The molecule has 19 heavy (non-hydrogen) atoms. The van der Waals surface area contributed by atoms with E-state index in [9.17, 15) is 0 Å². The van der Waals surface area contributed by atoms with E-state index >= 15 is 0 Å². The first kappa shape index (κ1) is 14.0. The van der Waals surface area contributed by atoms with Crippen LogP contribution in [0.3, 0.4) is 0 Å². The summed E-state index contributed by atoms with van der Waals surface area (Å²) in [6.45, 7) is 4.33. The van der Waals surface area contributed by atoms with Gasteiger partial charge in [0.25, 0.3) is 0 Å². The highest BCUT2D eigenvalue weighted by Crippen LogP contribution is 2.19. The average Bonchev–Trinajstić information content (AvgIpc) is 2.38. The van der Waals surface area contributed by atoms with Crippen LogP contribution in [0.1, 0.15) is 19.5 Å². The van der Waals surface area contributed by atoms with Crippen molar-refractivity contribution >= 4 is 10.9 Å². The second-order valence-electron chi connectivity index (χ2n) is 5.85. The Labute approximate surface area is 115 Å². The normalized spacial score (nSPS) is 14.0. The monoisotopic (exact) mass is 257 g/mol. The molecule has 1 atom stereocenters. The first-order valence-electron chi connectivity index (χ1n) is 6.69. The second-order valence-corrected chi connectivity index (χ2v) is 5.85. The maximum Gasteiger partial charge on any atom is 0.0705 e. The van der Waals surface area contributed by atoms with E-state index in [4.69, 9.17) is 5.73 Å². The lowest BCUT2D eigenvalue weighted by molar-refractivity contribution is 0.157. The van der Waals surface area contributed by atoms with E-state index in [1.165, 1.54) is 5.39 Å². The van der Waals surface area contributed by atoms with Crippen LogP contribution in [0.15, 0.2) is 36.4 Å². The van der Waals surface area contributed by atoms with E-state index in [1.54, 1.807) is 0 Å². The molecule has 1 heterocycles. The lowest BCUT2D eigenvalue weighted by Crippen LogP contribution is -2.54. The lowest BCUT2D eigenvalue weighted by atomic mass is 9.90. The Morgan fingerprint density at radius 1 is 1.16 bits per heavy atom. The molecule has 0 aliphatic carbocycles. The molecule has 0 spiro atoms. The van der Waals surface area contributed by atoms with Gasteiger partial charge in [0.1, 0.15) is 0 Å². The molecule has 3 heteroatoms. The number of para-hydroxylation sites is 1. The topological polar surface area (TPSA) is 42.1 Å². The molecule has 0 aliphatic rings. The van der Waals surface area contributed by atoms with Crippen molar-refractivity contribution in [1.82, 2.24) is 9.88 Å². The Bertz CT molecular complexity index is 561. The molecule has 0 aliphatic heterocycles. The third-order valence-electron chi connectivity index (χ3n) is 4.15. The molecular formula is C16H23N3. The SMILES string of the molecule is CN(C)C(C)(C)C(N)Cc1ccc2ccccc2n1. The zero-order valence-corrected chi connectivity index (χ0v) is 12.2. The number of rotatable bonds is 4. The summed E-state index contributed by atoms with van der Waals surface area (Å²) in [7, 11) is 4.13. The van der Waals surface area contributed by atoms with Crippen molar-refractivity contribution in [3.05, 3.63) is 42.1 Å². The predicted octanol–water partition coefficient (Wildman–Crippen LogP) is 2.44. The largest absolute Gasteiger partial charge is 0.326 e. The molecular weight excluding hydrogens is 234 g/mol. The molecule has 0 fully saturated rings. The van der Waals surface area contributed by atoms with Gasteiger partial charge >= 0.3 is 0 Å². The van der Waals surface area contributed by atoms with Crippen LogP contribution in [-0.4, -0.2) is 35.6 Å². The van der Waals surface area contributed by atoms with Crippen molar-refractivity contribution in [2.75, 3.05) is 14.1 Å². The van der Waals surface area contributed by atoms with Crippen LogP contribution in [0, 0.1) is 0 Å². The van der Waals surface area contributed by atoms with Crippen molar-refractivity contribution in [2.24, 2.45) is 5.73 Å². The molecule has 0 bridgehead atoms. The number of aromatic nitrogens is 1. The molecule has 1 aromatic carbocycles. The van der Waals surface area contributed by atoms with Crippen LogP contribution in [0.4, 0.5) is 0 Å². The first-order chi connectivity index (χ1) is 8.91. The molecule has 2 rings (SSSR count). The first-order valence-corrected chi connectivity index (χ1v) is 6.69. The third kappa shape index (κ3) is 2.94. The predicted molar refractivity (Wildman–Crippen MR) is 81.2 cm³/mol. The number of fused-ring (bicyclic) bond motifs is 1. The van der Waals surface area contributed by atoms with Gasteiger partial charge in [-0.05, 0) is 40.1 Å². The summed E-state index contributed by atoms with van der Waals surface area (Å²) < 4.78 is 0. The molecule has 0 amide bonds. The number of nitrogens with zero attached hydrogens (tertiary/aromatic N) is 2. The van der Waals surface area contributed by atoms with Gasteiger partial charge in [0.15, 0.2) is 0 Å². The summed E-state index contributed by atoms with van der Waals surface area (Å²) in [5.74, 6) is 0. The lowest BCUT2D eigenvalue weighted by Gasteiger charge is -2.38. The molecule has 0 radical (unpaired) electrons. The number of hydrogen-bond donors (Lipinski definition) is 1. The van der Waals surface area contributed by atoms with Crippen molar-refractivity contribution < 1.29 is 0 Å². The number of hydrogen-bond acceptors (Lipinski definition) is 3. The Kier molecular flexibility index (Phi) is 3.88. The molecule has 102 valence electrons. The second kappa shape index (κ2) is 5.27. The van der Waals surface area contributed by atoms with Gasteiger partial charge < -0.3 is 10.6 Å². The van der Waals surface area contributed by atoms with E-state index in [2.05, 4.69) is 56.0 Å². The fraction of sp³-hybridized carbons (Fsp3) is 0.438. The van der Waals surface area contributed by atoms with Gasteiger partial charge in [-0.2, -0.15) is 0 Å². The molecule has 1 unspecified atom stereocenters. The Morgan fingerprint density at radius 2 is 1.84 bits per heavy atom. The van der Waals surface area contributed by atoms with E-state index in [1.807, 2.05) is 18.2 Å². The van der Waals surface area contributed by atoms with Gasteiger partial charge in [-0.25, -0.2) is 0 Å². The molecule has 0 saturated heterocycles. The minimum absolute atomic E-state index is 0.0483. The summed E-state index contributed by atoms with van der Waals surface area (Å²) in [6.07, 6.45) is 0.788. The number of pyridine rings is 1. The Hall–Kier alpha value is -1.45. The van der Waals surface area contributed by atoms with Crippen molar-refractivity contribution in [1.29, 1.82) is 0 Å². The minimum Gasteiger partial charge on any atom is -0.326 e. The van der Waals surface area contributed by atoms with Gasteiger partial charge in [0.2, 0.25) is 0 Å². The molecule has 2 aromatic rings. The van der Waals surface area contributed by atoms with Crippen LogP contribution in [0.25, 0.3) is 10.9 Å². The van der Waals surface area contributed by atoms with Crippen molar-refractivity contribution in [2.45, 2.75) is 31.8 Å². The zero-order chi connectivity index (χ0) is 14.0. The Morgan fingerprint density at radius 3 is 2.53 bits per heavy atom. The van der Waals surface area contributed by atoms with Crippen molar-refractivity contribution in [3.8, 4) is 0 Å². The highest BCUT2D eigenvalue weighted by Gasteiger charge is 2.28. The van der Waals surface area contributed by atoms with E-state index in [0.717, 1.165) is 17.6 Å². The highest BCUT2D eigenvalue weighted by molar-refractivity contribution is 5.78. The number of benzene rings is 1.